The fourth-order valence-corrected chi connectivity index (χ4v) is 8.20. The third-order valence-electron chi connectivity index (χ3n) is 9.56. The van der Waals surface area contributed by atoms with Crippen LogP contribution in [0.2, 0.25) is 0 Å². The fraction of sp³-hybridized carbons (Fsp3) is 0.0909. The van der Waals surface area contributed by atoms with Gasteiger partial charge in [0.05, 0.1) is 17.1 Å². The van der Waals surface area contributed by atoms with Crippen molar-refractivity contribution in [1.82, 2.24) is 9.97 Å². The monoisotopic (exact) mass is 635 g/mol. The first kappa shape index (κ1) is 28.7. The van der Waals surface area contributed by atoms with E-state index in [-0.39, 0.29) is 5.37 Å². The SMILES string of the molecule is CC1CC=CC=C1c1cccc(-c2cc(-c3ccccc3)nc(-c3ccc4c(ccc5ccc6c(c54)NC(c4ccccc4)S6)c3)n2)c1. The minimum atomic E-state index is 0.196. The zero-order valence-electron chi connectivity index (χ0n) is 26.6. The standard InChI is InChI=1S/C44H33N3S/c1-28-11-8-9-18-36(28)32-16-10-17-34(25-32)39-27-38(29-12-4-2-5-13-29)45-43(46-39)35-21-23-37-33(26-35)20-19-30-22-24-40-42(41(30)37)47-44(48-40)31-14-6-3-7-15-31/h2-10,12-28,44,47H,11H2,1H3. The van der Waals surface area contributed by atoms with Crippen LogP contribution in [0.4, 0.5) is 5.69 Å². The Bertz CT molecular complexity index is 2400. The topological polar surface area (TPSA) is 37.8 Å². The molecule has 230 valence electrons. The van der Waals surface area contributed by atoms with E-state index in [9.17, 15) is 0 Å². The molecule has 1 N–H and O–H groups in total. The number of hydrogen-bond donors (Lipinski definition) is 1. The predicted molar refractivity (Wildman–Crippen MR) is 203 cm³/mol. The lowest BCUT2D eigenvalue weighted by atomic mass is 9.87. The van der Waals surface area contributed by atoms with Crippen molar-refractivity contribution >= 4 is 44.6 Å². The number of nitrogens with zero attached hydrogens (tertiary/aromatic N) is 2. The van der Waals surface area contributed by atoms with Crippen LogP contribution < -0.4 is 5.32 Å². The van der Waals surface area contributed by atoms with Gasteiger partial charge >= 0.3 is 0 Å². The quantitative estimate of drug-likeness (QED) is 0.191. The molecule has 1 aromatic heterocycles. The lowest BCUT2D eigenvalue weighted by Crippen LogP contribution is -2.01. The first-order chi connectivity index (χ1) is 23.7. The van der Waals surface area contributed by atoms with Crippen LogP contribution >= 0.6 is 11.8 Å². The maximum atomic E-state index is 5.21. The highest BCUT2D eigenvalue weighted by molar-refractivity contribution is 8.00. The van der Waals surface area contributed by atoms with Crippen molar-refractivity contribution in [3.63, 3.8) is 0 Å². The van der Waals surface area contributed by atoms with Gasteiger partial charge in [-0.05, 0) is 69.5 Å². The maximum Gasteiger partial charge on any atom is 0.160 e. The summed E-state index contributed by atoms with van der Waals surface area (Å²) in [5.41, 5.74) is 10.1. The summed E-state index contributed by atoms with van der Waals surface area (Å²) in [4.78, 5) is 11.6. The molecule has 0 fully saturated rings. The molecule has 9 rings (SSSR count). The van der Waals surface area contributed by atoms with Crippen molar-refractivity contribution < 1.29 is 0 Å². The summed E-state index contributed by atoms with van der Waals surface area (Å²) in [5.74, 6) is 1.21. The lowest BCUT2D eigenvalue weighted by Gasteiger charge is -2.18. The molecule has 6 aromatic carbocycles. The van der Waals surface area contributed by atoms with E-state index >= 15 is 0 Å². The van der Waals surface area contributed by atoms with Gasteiger partial charge in [-0.1, -0.05) is 146 Å². The minimum Gasteiger partial charge on any atom is -0.368 e. The Balaban J connectivity index is 1.16. The molecule has 0 radical (unpaired) electrons. The summed E-state index contributed by atoms with van der Waals surface area (Å²) in [7, 11) is 0. The summed E-state index contributed by atoms with van der Waals surface area (Å²) in [6, 6.07) is 47.7. The van der Waals surface area contributed by atoms with Gasteiger partial charge in [0.2, 0.25) is 0 Å². The second-order valence-corrected chi connectivity index (χ2v) is 13.8. The van der Waals surface area contributed by atoms with Gasteiger partial charge in [-0.15, -0.1) is 0 Å². The van der Waals surface area contributed by atoms with Crippen molar-refractivity contribution in [2.24, 2.45) is 5.92 Å². The highest BCUT2D eigenvalue weighted by Gasteiger charge is 2.25. The Hall–Kier alpha value is -5.45. The zero-order valence-corrected chi connectivity index (χ0v) is 27.4. The van der Waals surface area contributed by atoms with Crippen LogP contribution in [0.15, 0.2) is 157 Å². The van der Waals surface area contributed by atoms with E-state index in [1.165, 1.54) is 48.8 Å². The minimum absolute atomic E-state index is 0.196. The van der Waals surface area contributed by atoms with E-state index in [1.54, 1.807) is 0 Å². The molecule has 2 aliphatic rings. The van der Waals surface area contributed by atoms with Crippen LogP contribution in [-0.2, 0) is 0 Å². The average Bonchev–Trinajstić information content (AvgIpc) is 3.60. The normalized spacial score (nSPS) is 16.9. The second kappa shape index (κ2) is 12.0. The summed E-state index contributed by atoms with van der Waals surface area (Å²) >= 11 is 1.88. The number of allylic oxidation sites excluding steroid dienone is 4. The van der Waals surface area contributed by atoms with Gasteiger partial charge < -0.3 is 5.32 Å². The Morgan fingerprint density at radius 2 is 1.38 bits per heavy atom. The average molecular weight is 636 g/mol. The van der Waals surface area contributed by atoms with Gasteiger partial charge in [0.15, 0.2) is 5.82 Å². The number of fused-ring (bicyclic) bond motifs is 5. The number of nitrogens with one attached hydrogen (secondary N) is 1. The molecule has 4 heteroatoms. The van der Waals surface area contributed by atoms with E-state index in [0.29, 0.717) is 5.92 Å². The molecule has 0 saturated heterocycles. The molecule has 48 heavy (non-hydrogen) atoms. The number of hydrogen-bond acceptors (Lipinski definition) is 4. The first-order valence-electron chi connectivity index (χ1n) is 16.6. The Kier molecular flexibility index (Phi) is 7.17. The lowest BCUT2D eigenvalue weighted by molar-refractivity contribution is 0.758. The fourth-order valence-electron chi connectivity index (χ4n) is 7.05. The van der Waals surface area contributed by atoms with Crippen molar-refractivity contribution in [2.75, 3.05) is 5.32 Å². The molecule has 7 aromatic rings. The molecular weight excluding hydrogens is 603 g/mol. The molecule has 1 aliphatic heterocycles. The van der Waals surface area contributed by atoms with E-state index in [0.717, 1.165) is 40.3 Å². The highest BCUT2D eigenvalue weighted by Crippen LogP contribution is 2.50. The van der Waals surface area contributed by atoms with Gasteiger partial charge in [0, 0.05) is 27.0 Å². The van der Waals surface area contributed by atoms with Crippen LogP contribution in [0.25, 0.3) is 61.0 Å². The van der Waals surface area contributed by atoms with Crippen LogP contribution in [0.5, 0.6) is 0 Å². The molecule has 2 unspecified atom stereocenters. The van der Waals surface area contributed by atoms with E-state index < -0.39 is 0 Å². The van der Waals surface area contributed by atoms with Gasteiger partial charge in [-0.25, -0.2) is 9.97 Å². The van der Waals surface area contributed by atoms with Gasteiger partial charge in [0.1, 0.15) is 5.37 Å². The van der Waals surface area contributed by atoms with E-state index in [4.69, 9.17) is 9.97 Å². The molecule has 0 amide bonds. The summed E-state index contributed by atoms with van der Waals surface area (Å²) in [5, 5.41) is 8.94. The Morgan fingerprint density at radius 1 is 0.646 bits per heavy atom. The van der Waals surface area contributed by atoms with E-state index in [2.05, 4.69) is 158 Å². The largest absolute Gasteiger partial charge is 0.368 e. The number of anilines is 1. The van der Waals surface area contributed by atoms with Crippen LogP contribution in [0, 0.1) is 5.92 Å². The molecule has 2 heterocycles. The molecule has 0 bridgehead atoms. The molecule has 3 nitrogen and oxygen atoms in total. The van der Waals surface area contributed by atoms with Gasteiger partial charge in [-0.2, -0.15) is 0 Å². The second-order valence-electron chi connectivity index (χ2n) is 12.7. The first-order valence-corrected chi connectivity index (χ1v) is 17.5. The Labute approximate surface area is 285 Å². The van der Waals surface area contributed by atoms with Gasteiger partial charge in [-0.3, -0.25) is 0 Å². The zero-order chi connectivity index (χ0) is 32.0. The van der Waals surface area contributed by atoms with Crippen molar-refractivity contribution in [1.29, 1.82) is 0 Å². The van der Waals surface area contributed by atoms with Gasteiger partial charge in [0.25, 0.3) is 0 Å². The van der Waals surface area contributed by atoms with Crippen LogP contribution in [0.1, 0.15) is 29.8 Å². The highest BCUT2D eigenvalue weighted by atomic mass is 32.2. The third-order valence-corrected chi connectivity index (χ3v) is 10.8. The van der Waals surface area contributed by atoms with Crippen molar-refractivity contribution in [2.45, 2.75) is 23.6 Å². The summed E-state index contributed by atoms with van der Waals surface area (Å²) in [6.45, 7) is 2.30. The van der Waals surface area contributed by atoms with Crippen molar-refractivity contribution in [3.8, 4) is 33.9 Å². The molecule has 2 atom stereocenters. The molecule has 1 aliphatic carbocycles. The van der Waals surface area contributed by atoms with Crippen LogP contribution in [-0.4, -0.2) is 9.97 Å². The Morgan fingerprint density at radius 3 is 2.21 bits per heavy atom. The molecule has 0 spiro atoms. The maximum absolute atomic E-state index is 5.21. The predicted octanol–water partition coefficient (Wildman–Crippen LogP) is 12.0. The van der Waals surface area contributed by atoms with Crippen molar-refractivity contribution in [3.05, 3.63) is 163 Å². The van der Waals surface area contributed by atoms with E-state index in [1.807, 2.05) is 17.8 Å². The molecular formula is C44H33N3S. The van der Waals surface area contributed by atoms with Crippen LogP contribution in [0.3, 0.4) is 0 Å². The number of rotatable bonds is 5. The number of thioether (sulfide) groups is 1. The third kappa shape index (κ3) is 5.19. The number of benzene rings is 6. The molecule has 0 saturated carbocycles. The summed E-state index contributed by atoms with van der Waals surface area (Å²) < 4.78 is 0. The summed E-state index contributed by atoms with van der Waals surface area (Å²) in [6.07, 6.45) is 7.73. The smallest absolute Gasteiger partial charge is 0.160 e. The number of aromatic nitrogens is 2.